The SMILES string of the molecule is CCOC(=O)c1cc(OC(F)F)ccc1CCC#N. The minimum atomic E-state index is -2.96. The van der Waals surface area contributed by atoms with Gasteiger partial charge in [0.2, 0.25) is 0 Å². The molecule has 0 aliphatic carbocycles. The summed E-state index contributed by atoms with van der Waals surface area (Å²) in [4.78, 5) is 11.7. The maximum atomic E-state index is 12.1. The van der Waals surface area contributed by atoms with Crippen LogP contribution in [0.5, 0.6) is 5.75 Å². The Morgan fingerprint density at radius 3 is 2.79 bits per heavy atom. The number of carbonyl (C=O) groups is 1. The highest BCUT2D eigenvalue weighted by Crippen LogP contribution is 2.21. The van der Waals surface area contributed by atoms with Crippen LogP contribution in [0.15, 0.2) is 18.2 Å². The normalized spacial score (nSPS) is 10.1. The number of ether oxygens (including phenoxy) is 2. The minimum Gasteiger partial charge on any atom is -0.462 e. The molecular formula is C13H13F2NO3. The second-order valence-electron chi connectivity index (χ2n) is 3.58. The Bertz CT molecular complexity index is 483. The Morgan fingerprint density at radius 1 is 1.47 bits per heavy atom. The van der Waals surface area contributed by atoms with Crippen LogP contribution >= 0.6 is 0 Å². The maximum Gasteiger partial charge on any atom is 0.387 e. The van der Waals surface area contributed by atoms with Crippen molar-refractivity contribution in [1.29, 1.82) is 5.26 Å². The molecule has 0 aliphatic rings. The van der Waals surface area contributed by atoms with E-state index >= 15 is 0 Å². The monoisotopic (exact) mass is 269 g/mol. The fourth-order valence-corrected chi connectivity index (χ4v) is 1.54. The van der Waals surface area contributed by atoms with Gasteiger partial charge in [0.1, 0.15) is 5.75 Å². The van der Waals surface area contributed by atoms with E-state index in [0.717, 1.165) is 0 Å². The first-order valence-corrected chi connectivity index (χ1v) is 5.70. The fraction of sp³-hybridized carbons (Fsp3) is 0.385. The molecule has 0 saturated heterocycles. The van der Waals surface area contributed by atoms with E-state index in [1.807, 2.05) is 6.07 Å². The lowest BCUT2D eigenvalue weighted by molar-refractivity contribution is -0.0499. The van der Waals surface area contributed by atoms with Gasteiger partial charge in [-0.05, 0) is 31.0 Å². The summed E-state index contributed by atoms with van der Waals surface area (Å²) in [6, 6.07) is 5.99. The van der Waals surface area contributed by atoms with Crippen LogP contribution in [0.3, 0.4) is 0 Å². The van der Waals surface area contributed by atoms with Crippen molar-refractivity contribution in [3.05, 3.63) is 29.3 Å². The zero-order valence-electron chi connectivity index (χ0n) is 10.4. The standard InChI is InChI=1S/C13H13F2NO3/c1-2-18-12(17)11-8-10(19-13(14)15)6-5-9(11)4-3-7-16/h5-6,8,13H,2-4H2,1H3. The lowest BCUT2D eigenvalue weighted by atomic mass is 10.0. The van der Waals surface area contributed by atoms with Crippen molar-refractivity contribution < 1.29 is 23.0 Å². The topological polar surface area (TPSA) is 59.3 Å². The Morgan fingerprint density at radius 2 is 2.21 bits per heavy atom. The van der Waals surface area contributed by atoms with Gasteiger partial charge in [0.15, 0.2) is 0 Å². The number of rotatable bonds is 6. The number of hydrogen-bond acceptors (Lipinski definition) is 4. The van der Waals surface area contributed by atoms with E-state index < -0.39 is 12.6 Å². The molecule has 0 unspecified atom stereocenters. The van der Waals surface area contributed by atoms with Gasteiger partial charge in [-0.1, -0.05) is 6.07 Å². The van der Waals surface area contributed by atoms with Crippen LogP contribution < -0.4 is 4.74 Å². The van der Waals surface area contributed by atoms with E-state index in [9.17, 15) is 13.6 Å². The fourth-order valence-electron chi connectivity index (χ4n) is 1.54. The molecule has 1 aromatic carbocycles. The smallest absolute Gasteiger partial charge is 0.387 e. The van der Waals surface area contributed by atoms with Crippen molar-refractivity contribution in [2.24, 2.45) is 0 Å². The summed E-state index contributed by atoms with van der Waals surface area (Å²) in [5, 5.41) is 8.54. The summed E-state index contributed by atoms with van der Waals surface area (Å²) in [7, 11) is 0. The van der Waals surface area contributed by atoms with Gasteiger partial charge in [0, 0.05) is 6.42 Å². The summed E-state index contributed by atoms with van der Waals surface area (Å²) in [6.07, 6.45) is 0.570. The van der Waals surface area contributed by atoms with Crippen molar-refractivity contribution in [2.45, 2.75) is 26.4 Å². The van der Waals surface area contributed by atoms with Gasteiger partial charge in [0.25, 0.3) is 0 Å². The molecule has 0 fully saturated rings. The number of halogens is 2. The zero-order valence-corrected chi connectivity index (χ0v) is 10.4. The molecule has 0 N–H and O–H groups in total. The molecule has 0 aromatic heterocycles. The molecule has 0 spiro atoms. The molecule has 0 aliphatic heterocycles. The Labute approximate surface area is 109 Å². The largest absolute Gasteiger partial charge is 0.462 e. The van der Waals surface area contributed by atoms with Crippen molar-refractivity contribution in [3.8, 4) is 11.8 Å². The van der Waals surface area contributed by atoms with Crippen molar-refractivity contribution in [2.75, 3.05) is 6.61 Å². The Hall–Kier alpha value is -2.16. The van der Waals surface area contributed by atoms with E-state index in [-0.39, 0.29) is 24.3 Å². The molecular weight excluding hydrogens is 256 g/mol. The predicted octanol–water partition coefficient (Wildman–Crippen LogP) is 2.92. The molecule has 19 heavy (non-hydrogen) atoms. The third-order valence-corrected chi connectivity index (χ3v) is 2.31. The molecule has 0 heterocycles. The van der Waals surface area contributed by atoms with Crippen LogP contribution in [0.4, 0.5) is 8.78 Å². The van der Waals surface area contributed by atoms with Crippen molar-refractivity contribution in [3.63, 3.8) is 0 Å². The highest BCUT2D eigenvalue weighted by Gasteiger charge is 2.15. The summed E-state index contributed by atoms with van der Waals surface area (Å²) < 4.78 is 33.3. The van der Waals surface area contributed by atoms with Crippen LogP contribution in [0.2, 0.25) is 0 Å². The van der Waals surface area contributed by atoms with Crippen LogP contribution in [-0.4, -0.2) is 19.2 Å². The summed E-state index contributed by atoms with van der Waals surface area (Å²) in [6.45, 7) is -1.14. The number of nitriles is 1. The van der Waals surface area contributed by atoms with E-state index in [0.29, 0.717) is 12.0 Å². The van der Waals surface area contributed by atoms with Gasteiger partial charge in [-0.25, -0.2) is 4.79 Å². The summed E-state index contributed by atoms with van der Waals surface area (Å²) >= 11 is 0. The number of hydrogen-bond donors (Lipinski definition) is 0. The van der Waals surface area contributed by atoms with Gasteiger partial charge < -0.3 is 9.47 Å². The Balaban J connectivity index is 3.03. The number of carbonyl (C=O) groups excluding carboxylic acids is 1. The molecule has 0 bridgehead atoms. The molecule has 0 saturated carbocycles. The third-order valence-electron chi connectivity index (χ3n) is 2.31. The minimum absolute atomic E-state index is 0.112. The first kappa shape index (κ1) is 14.9. The molecule has 1 rings (SSSR count). The lowest BCUT2D eigenvalue weighted by Gasteiger charge is -2.10. The second-order valence-corrected chi connectivity index (χ2v) is 3.58. The zero-order chi connectivity index (χ0) is 14.3. The average molecular weight is 269 g/mol. The van der Waals surface area contributed by atoms with E-state index in [1.54, 1.807) is 6.92 Å². The number of benzene rings is 1. The van der Waals surface area contributed by atoms with Gasteiger partial charge in [-0.3, -0.25) is 0 Å². The molecule has 102 valence electrons. The van der Waals surface area contributed by atoms with Crippen molar-refractivity contribution >= 4 is 5.97 Å². The highest BCUT2D eigenvalue weighted by atomic mass is 19.3. The number of esters is 1. The quantitative estimate of drug-likeness (QED) is 0.745. The van der Waals surface area contributed by atoms with E-state index in [2.05, 4.69) is 4.74 Å². The molecule has 0 atom stereocenters. The molecule has 0 radical (unpaired) electrons. The first-order valence-electron chi connectivity index (χ1n) is 5.70. The number of nitrogens with zero attached hydrogens (tertiary/aromatic N) is 1. The Kier molecular flexibility index (Phi) is 5.73. The average Bonchev–Trinajstić information content (AvgIpc) is 2.36. The van der Waals surface area contributed by atoms with E-state index in [4.69, 9.17) is 10.00 Å². The van der Waals surface area contributed by atoms with Gasteiger partial charge in [0.05, 0.1) is 18.2 Å². The van der Waals surface area contributed by atoms with Crippen LogP contribution in [0.25, 0.3) is 0 Å². The van der Waals surface area contributed by atoms with Crippen molar-refractivity contribution in [1.82, 2.24) is 0 Å². The van der Waals surface area contributed by atoms with E-state index in [1.165, 1.54) is 18.2 Å². The highest BCUT2D eigenvalue weighted by molar-refractivity contribution is 5.91. The summed E-state index contributed by atoms with van der Waals surface area (Å²) in [5.74, 6) is -0.728. The van der Waals surface area contributed by atoms with Crippen LogP contribution in [-0.2, 0) is 11.2 Å². The lowest BCUT2D eigenvalue weighted by Crippen LogP contribution is -2.10. The van der Waals surface area contributed by atoms with Gasteiger partial charge in [-0.2, -0.15) is 14.0 Å². The van der Waals surface area contributed by atoms with Crippen LogP contribution in [0.1, 0.15) is 29.3 Å². The number of alkyl halides is 2. The molecule has 4 nitrogen and oxygen atoms in total. The van der Waals surface area contributed by atoms with Gasteiger partial charge >= 0.3 is 12.6 Å². The molecule has 1 aromatic rings. The third kappa shape index (κ3) is 4.54. The first-order chi connectivity index (χ1) is 9.08. The number of aryl methyl sites for hydroxylation is 1. The molecule has 0 amide bonds. The van der Waals surface area contributed by atoms with Crippen LogP contribution in [0, 0.1) is 11.3 Å². The maximum absolute atomic E-state index is 12.1. The predicted molar refractivity (Wildman–Crippen MR) is 63.0 cm³/mol. The summed E-state index contributed by atoms with van der Waals surface area (Å²) in [5.41, 5.74) is 0.719. The second kappa shape index (κ2) is 7.31. The van der Waals surface area contributed by atoms with Gasteiger partial charge in [-0.15, -0.1) is 0 Å². The molecule has 6 heteroatoms.